The van der Waals surface area contributed by atoms with Gasteiger partial charge < -0.3 is 9.84 Å². The number of aromatic nitrogens is 5. The Hall–Kier alpha value is -2.44. The summed E-state index contributed by atoms with van der Waals surface area (Å²) in [5.41, 5.74) is 2.03. The molecule has 0 aliphatic carbocycles. The maximum Gasteiger partial charge on any atom is 0.213 e. The molecule has 0 aliphatic heterocycles. The zero-order chi connectivity index (χ0) is 13.9. The number of fused-ring (bicyclic) bond motifs is 1. The van der Waals surface area contributed by atoms with Crippen molar-refractivity contribution >= 4 is 11.3 Å². The molecule has 20 heavy (non-hydrogen) atoms. The van der Waals surface area contributed by atoms with Crippen LogP contribution in [0, 0.1) is 0 Å². The van der Waals surface area contributed by atoms with E-state index in [0.29, 0.717) is 24.7 Å². The normalized spacial score (nSPS) is 11.3. The highest BCUT2D eigenvalue weighted by Gasteiger charge is 2.09. The quantitative estimate of drug-likeness (QED) is 0.764. The van der Waals surface area contributed by atoms with Gasteiger partial charge >= 0.3 is 0 Å². The van der Waals surface area contributed by atoms with Crippen LogP contribution in [0.15, 0.2) is 29.4 Å². The Bertz CT molecular complexity index is 688. The van der Waals surface area contributed by atoms with Crippen LogP contribution in [0.2, 0.25) is 0 Å². The molecule has 0 radical (unpaired) electrons. The van der Waals surface area contributed by atoms with E-state index < -0.39 is 0 Å². The van der Waals surface area contributed by atoms with Crippen LogP contribution >= 0.6 is 0 Å². The highest BCUT2D eigenvalue weighted by molar-refractivity contribution is 5.67. The van der Waals surface area contributed by atoms with E-state index in [9.17, 15) is 0 Å². The molecule has 0 spiro atoms. The lowest BCUT2D eigenvalue weighted by Gasteiger charge is -2.04. The van der Waals surface area contributed by atoms with Crippen LogP contribution in [0.3, 0.4) is 0 Å². The Kier molecular flexibility index (Phi) is 3.32. The molecule has 0 aromatic carbocycles. The first-order valence-corrected chi connectivity index (χ1v) is 6.57. The third kappa shape index (κ3) is 2.47. The van der Waals surface area contributed by atoms with Crippen molar-refractivity contribution in [3.8, 4) is 0 Å². The SMILES string of the molecule is CC(C)c1cc2c(NCCc3ncon3)nccn2n1. The van der Waals surface area contributed by atoms with Gasteiger partial charge in [-0.1, -0.05) is 19.0 Å². The van der Waals surface area contributed by atoms with Gasteiger partial charge in [-0.2, -0.15) is 10.1 Å². The van der Waals surface area contributed by atoms with Crippen LogP contribution in [-0.4, -0.2) is 31.3 Å². The summed E-state index contributed by atoms with van der Waals surface area (Å²) < 4.78 is 6.54. The standard InChI is InChI=1S/C13H16N6O/c1-9(2)10-7-11-13(15-5-6-19(11)17-10)14-4-3-12-16-8-20-18-12/h5-9H,3-4H2,1-2H3,(H,14,15). The van der Waals surface area contributed by atoms with Crippen molar-refractivity contribution in [2.24, 2.45) is 0 Å². The van der Waals surface area contributed by atoms with Crippen molar-refractivity contribution in [1.82, 2.24) is 24.7 Å². The van der Waals surface area contributed by atoms with E-state index in [1.54, 1.807) is 6.20 Å². The molecule has 3 aromatic rings. The summed E-state index contributed by atoms with van der Waals surface area (Å²) in [6.45, 7) is 4.94. The minimum Gasteiger partial charge on any atom is -0.368 e. The van der Waals surface area contributed by atoms with Gasteiger partial charge in [-0.3, -0.25) is 0 Å². The first-order chi connectivity index (χ1) is 9.74. The van der Waals surface area contributed by atoms with Gasteiger partial charge in [-0.25, -0.2) is 9.50 Å². The third-order valence-corrected chi connectivity index (χ3v) is 3.05. The second kappa shape index (κ2) is 5.28. The molecule has 1 N–H and O–H groups in total. The zero-order valence-corrected chi connectivity index (χ0v) is 11.4. The third-order valence-electron chi connectivity index (χ3n) is 3.05. The molecular formula is C13H16N6O. The lowest BCUT2D eigenvalue weighted by Crippen LogP contribution is -2.08. The largest absolute Gasteiger partial charge is 0.368 e. The lowest BCUT2D eigenvalue weighted by molar-refractivity contribution is 0.410. The Morgan fingerprint density at radius 2 is 2.25 bits per heavy atom. The van der Waals surface area contributed by atoms with Crippen molar-refractivity contribution in [1.29, 1.82) is 0 Å². The number of rotatable bonds is 5. The summed E-state index contributed by atoms with van der Waals surface area (Å²) in [6.07, 6.45) is 5.61. The van der Waals surface area contributed by atoms with E-state index in [1.807, 2.05) is 10.7 Å². The van der Waals surface area contributed by atoms with Gasteiger partial charge in [-0.15, -0.1) is 0 Å². The number of nitrogens with zero attached hydrogens (tertiary/aromatic N) is 5. The Morgan fingerprint density at radius 3 is 3.00 bits per heavy atom. The Balaban J connectivity index is 1.77. The second-order valence-corrected chi connectivity index (χ2v) is 4.85. The second-order valence-electron chi connectivity index (χ2n) is 4.85. The molecule has 3 aromatic heterocycles. The summed E-state index contributed by atoms with van der Waals surface area (Å²) in [4.78, 5) is 8.34. The van der Waals surface area contributed by atoms with Gasteiger partial charge in [0, 0.05) is 25.4 Å². The summed E-state index contributed by atoms with van der Waals surface area (Å²) in [5.74, 6) is 1.89. The smallest absolute Gasteiger partial charge is 0.213 e. The molecule has 3 heterocycles. The van der Waals surface area contributed by atoms with E-state index in [0.717, 1.165) is 17.0 Å². The lowest BCUT2D eigenvalue weighted by atomic mass is 10.1. The molecule has 7 heteroatoms. The first kappa shape index (κ1) is 12.6. The van der Waals surface area contributed by atoms with Crippen LogP contribution in [0.1, 0.15) is 31.3 Å². The fourth-order valence-corrected chi connectivity index (χ4v) is 1.95. The fourth-order valence-electron chi connectivity index (χ4n) is 1.95. The summed E-state index contributed by atoms with van der Waals surface area (Å²) in [5, 5.41) is 11.6. The van der Waals surface area contributed by atoms with Gasteiger partial charge in [0.2, 0.25) is 6.39 Å². The molecular weight excluding hydrogens is 256 g/mol. The molecule has 104 valence electrons. The predicted octanol–water partition coefficient (Wildman–Crippen LogP) is 1.89. The highest BCUT2D eigenvalue weighted by atomic mass is 16.5. The number of hydrogen-bond acceptors (Lipinski definition) is 6. The molecule has 0 unspecified atom stereocenters. The van der Waals surface area contributed by atoms with E-state index in [4.69, 9.17) is 4.52 Å². The minimum atomic E-state index is 0.391. The van der Waals surface area contributed by atoms with Gasteiger partial charge in [0.15, 0.2) is 11.6 Å². The summed E-state index contributed by atoms with van der Waals surface area (Å²) >= 11 is 0. The van der Waals surface area contributed by atoms with Crippen LogP contribution in [0.5, 0.6) is 0 Å². The van der Waals surface area contributed by atoms with E-state index in [1.165, 1.54) is 6.39 Å². The molecule has 0 atom stereocenters. The van der Waals surface area contributed by atoms with Gasteiger partial charge in [0.1, 0.15) is 5.52 Å². The van der Waals surface area contributed by atoms with Crippen molar-refractivity contribution in [3.63, 3.8) is 0 Å². The van der Waals surface area contributed by atoms with Gasteiger partial charge in [0.05, 0.1) is 5.69 Å². The van der Waals surface area contributed by atoms with Crippen molar-refractivity contribution in [3.05, 3.63) is 36.4 Å². The molecule has 0 aliphatic rings. The summed E-state index contributed by atoms with van der Waals surface area (Å²) in [6, 6.07) is 2.06. The number of anilines is 1. The van der Waals surface area contributed by atoms with Crippen LogP contribution in [0.4, 0.5) is 5.82 Å². The topological polar surface area (TPSA) is 81.1 Å². The number of hydrogen-bond donors (Lipinski definition) is 1. The minimum absolute atomic E-state index is 0.391. The molecule has 0 amide bonds. The molecule has 3 rings (SSSR count). The zero-order valence-electron chi connectivity index (χ0n) is 11.4. The average molecular weight is 272 g/mol. The van der Waals surface area contributed by atoms with Crippen molar-refractivity contribution in [2.75, 3.05) is 11.9 Å². The fraction of sp³-hybridized carbons (Fsp3) is 0.385. The van der Waals surface area contributed by atoms with Gasteiger partial charge in [0.25, 0.3) is 0 Å². The van der Waals surface area contributed by atoms with Crippen LogP contribution < -0.4 is 5.32 Å². The van der Waals surface area contributed by atoms with Crippen LogP contribution in [-0.2, 0) is 6.42 Å². The van der Waals surface area contributed by atoms with Crippen molar-refractivity contribution in [2.45, 2.75) is 26.2 Å². The van der Waals surface area contributed by atoms with E-state index >= 15 is 0 Å². The number of nitrogens with one attached hydrogen (secondary N) is 1. The average Bonchev–Trinajstić information content (AvgIpc) is 3.07. The molecule has 0 saturated heterocycles. The predicted molar refractivity (Wildman–Crippen MR) is 73.6 cm³/mol. The molecule has 0 bridgehead atoms. The van der Waals surface area contributed by atoms with E-state index in [2.05, 4.69) is 45.5 Å². The highest BCUT2D eigenvalue weighted by Crippen LogP contribution is 2.19. The maximum absolute atomic E-state index is 4.70. The Labute approximate surface area is 116 Å². The first-order valence-electron chi connectivity index (χ1n) is 6.57. The van der Waals surface area contributed by atoms with Crippen LogP contribution in [0.25, 0.3) is 5.52 Å². The van der Waals surface area contributed by atoms with Gasteiger partial charge in [-0.05, 0) is 12.0 Å². The molecule has 0 fully saturated rings. The maximum atomic E-state index is 4.70. The summed E-state index contributed by atoms with van der Waals surface area (Å²) in [7, 11) is 0. The molecule has 7 nitrogen and oxygen atoms in total. The van der Waals surface area contributed by atoms with Crippen molar-refractivity contribution < 1.29 is 4.52 Å². The molecule has 0 saturated carbocycles. The monoisotopic (exact) mass is 272 g/mol. The Morgan fingerprint density at radius 1 is 1.35 bits per heavy atom. The van der Waals surface area contributed by atoms with E-state index in [-0.39, 0.29) is 0 Å².